The second kappa shape index (κ2) is 5.98. The van der Waals surface area contributed by atoms with Crippen LogP contribution in [0.15, 0.2) is 36.8 Å². The summed E-state index contributed by atoms with van der Waals surface area (Å²) >= 11 is 0. The van der Waals surface area contributed by atoms with Crippen molar-refractivity contribution in [3.8, 4) is 11.3 Å². The average molecular weight is 374 g/mol. The molecule has 4 heterocycles. The summed E-state index contributed by atoms with van der Waals surface area (Å²) in [5.74, 6) is 0.252. The fourth-order valence-corrected chi connectivity index (χ4v) is 4.00. The molecule has 2 amide bonds. The van der Waals surface area contributed by atoms with Crippen LogP contribution in [-0.2, 0) is 9.59 Å². The number of hydrogen-bond acceptors (Lipinski definition) is 6. The molecular weight excluding hydrogens is 356 g/mol. The molecule has 1 saturated heterocycles. The lowest BCUT2D eigenvalue weighted by Crippen LogP contribution is -2.27. The lowest BCUT2D eigenvalue weighted by atomic mass is 10.1. The van der Waals surface area contributed by atoms with Gasteiger partial charge in [0.1, 0.15) is 11.6 Å². The van der Waals surface area contributed by atoms with Crippen molar-refractivity contribution < 1.29 is 9.59 Å². The van der Waals surface area contributed by atoms with E-state index < -0.39 is 0 Å². The molecule has 1 saturated carbocycles. The number of anilines is 2. The van der Waals surface area contributed by atoms with Crippen molar-refractivity contribution in [2.24, 2.45) is 17.8 Å². The third-order valence-corrected chi connectivity index (χ3v) is 5.60. The van der Waals surface area contributed by atoms with Crippen molar-refractivity contribution >= 4 is 34.2 Å². The van der Waals surface area contributed by atoms with Crippen LogP contribution < -0.4 is 16.4 Å². The number of piperidine rings is 1. The molecule has 140 valence electrons. The molecule has 1 aliphatic heterocycles. The number of carbonyl (C=O) groups is 2. The molecular formula is C20H18N6O2. The molecule has 3 aromatic rings. The van der Waals surface area contributed by atoms with Gasteiger partial charge >= 0.3 is 0 Å². The molecule has 28 heavy (non-hydrogen) atoms. The van der Waals surface area contributed by atoms with E-state index in [9.17, 15) is 9.59 Å². The first kappa shape index (κ1) is 16.6. The van der Waals surface area contributed by atoms with E-state index in [0.717, 1.165) is 16.5 Å². The number of nitrogens with two attached hydrogens (primary N) is 1. The summed E-state index contributed by atoms with van der Waals surface area (Å²) in [4.78, 5) is 37.1. The molecule has 4 N–H and O–H groups in total. The largest absolute Gasteiger partial charge is 0.383 e. The number of amides is 2. The standard InChI is InChI=1S/C20H18N6O2/c1-9-2-3-22-6-11(9)14-4-10-5-15(23-7-12(10)18(21)25-14)26-20(28)17-13-8-24-19(27)16(13)17/h2-7,13,16-17H,8H2,1H3,(H2,21,25)(H,24,27)(H,23,26,28)/t13-,16+,17+/m1/s1. The maximum Gasteiger partial charge on any atom is 0.229 e. The molecule has 1 aliphatic carbocycles. The molecule has 3 aromatic heterocycles. The minimum Gasteiger partial charge on any atom is -0.383 e. The summed E-state index contributed by atoms with van der Waals surface area (Å²) < 4.78 is 0. The number of aryl methyl sites for hydroxylation is 1. The van der Waals surface area contributed by atoms with Gasteiger partial charge in [-0.25, -0.2) is 9.97 Å². The van der Waals surface area contributed by atoms with E-state index in [4.69, 9.17) is 5.73 Å². The van der Waals surface area contributed by atoms with Gasteiger partial charge in [0, 0.05) is 42.0 Å². The van der Waals surface area contributed by atoms with Crippen LogP contribution in [-0.4, -0.2) is 33.3 Å². The minimum absolute atomic E-state index is 0.0352. The Morgan fingerprint density at radius 3 is 2.93 bits per heavy atom. The number of fused-ring (bicyclic) bond motifs is 2. The Bertz CT molecular complexity index is 1140. The van der Waals surface area contributed by atoms with Gasteiger partial charge in [-0.15, -0.1) is 0 Å². The van der Waals surface area contributed by atoms with Gasteiger partial charge < -0.3 is 16.4 Å². The number of nitrogens with one attached hydrogen (secondary N) is 2. The van der Waals surface area contributed by atoms with Crippen LogP contribution in [0.2, 0.25) is 0 Å². The molecule has 2 fully saturated rings. The highest BCUT2D eigenvalue weighted by atomic mass is 16.2. The van der Waals surface area contributed by atoms with E-state index in [0.29, 0.717) is 29.3 Å². The highest BCUT2D eigenvalue weighted by Crippen LogP contribution is 2.49. The maximum atomic E-state index is 12.5. The number of hydrogen-bond donors (Lipinski definition) is 3. The normalized spacial score (nSPS) is 22.6. The zero-order valence-electron chi connectivity index (χ0n) is 15.1. The SMILES string of the molecule is Cc1ccncc1-c1cc2cc(NC(=O)[C@H]3[C@@H]4CNC(=O)[C@@H]43)ncc2c(N)n1. The Balaban J connectivity index is 1.46. The summed E-state index contributed by atoms with van der Waals surface area (Å²) in [7, 11) is 0. The first-order valence-electron chi connectivity index (χ1n) is 9.09. The van der Waals surface area contributed by atoms with Crippen molar-refractivity contribution in [2.45, 2.75) is 6.92 Å². The smallest absolute Gasteiger partial charge is 0.229 e. The molecule has 5 rings (SSSR count). The third-order valence-electron chi connectivity index (χ3n) is 5.60. The predicted molar refractivity (Wildman–Crippen MR) is 104 cm³/mol. The fraction of sp³-hybridized carbons (Fsp3) is 0.250. The monoisotopic (exact) mass is 374 g/mol. The van der Waals surface area contributed by atoms with Crippen molar-refractivity contribution in [1.29, 1.82) is 0 Å². The van der Waals surface area contributed by atoms with Crippen molar-refractivity contribution in [2.75, 3.05) is 17.6 Å². The van der Waals surface area contributed by atoms with Crippen LogP contribution in [0.1, 0.15) is 5.56 Å². The van der Waals surface area contributed by atoms with Crippen LogP contribution in [0.4, 0.5) is 11.6 Å². The van der Waals surface area contributed by atoms with E-state index in [2.05, 4.69) is 25.6 Å². The van der Waals surface area contributed by atoms with Gasteiger partial charge in [-0.2, -0.15) is 0 Å². The van der Waals surface area contributed by atoms with Gasteiger partial charge in [0.25, 0.3) is 0 Å². The molecule has 8 nitrogen and oxygen atoms in total. The number of rotatable bonds is 3. The lowest BCUT2D eigenvalue weighted by molar-refractivity contribution is -0.124. The van der Waals surface area contributed by atoms with E-state index in [-0.39, 0.29) is 29.6 Å². The first-order chi connectivity index (χ1) is 13.5. The second-order valence-electron chi connectivity index (χ2n) is 7.32. The lowest BCUT2D eigenvalue weighted by Gasteiger charge is -2.10. The second-order valence-corrected chi connectivity index (χ2v) is 7.32. The summed E-state index contributed by atoms with van der Waals surface area (Å²) in [6.07, 6.45) is 5.09. The van der Waals surface area contributed by atoms with E-state index >= 15 is 0 Å². The zero-order valence-corrected chi connectivity index (χ0v) is 15.1. The van der Waals surface area contributed by atoms with Gasteiger partial charge in [0.05, 0.1) is 17.5 Å². The van der Waals surface area contributed by atoms with E-state index in [1.807, 2.05) is 19.1 Å². The molecule has 0 unspecified atom stereocenters. The van der Waals surface area contributed by atoms with Crippen LogP contribution in [0.5, 0.6) is 0 Å². The van der Waals surface area contributed by atoms with Crippen molar-refractivity contribution in [3.63, 3.8) is 0 Å². The Kier molecular flexibility index (Phi) is 3.55. The van der Waals surface area contributed by atoms with Crippen LogP contribution in [0.25, 0.3) is 22.0 Å². The minimum atomic E-state index is -0.262. The predicted octanol–water partition coefficient (Wildman–Crippen LogP) is 1.51. The summed E-state index contributed by atoms with van der Waals surface area (Å²) in [5.41, 5.74) is 8.79. The quantitative estimate of drug-likeness (QED) is 0.639. The number of carbonyl (C=O) groups excluding carboxylic acids is 2. The van der Waals surface area contributed by atoms with Crippen molar-refractivity contribution in [1.82, 2.24) is 20.3 Å². The Hall–Kier alpha value is -3.55. The van der Waals surface area contributed by atoms with Gasteiger partial charge in [0.15, 0.2) is 0 Å². The molecule has 0 bridgehead atoms. The maximum absolute atomic E-state index is 12.5. The van der Waals surface area contributed by atoms with Gasteiger partial charge in [-0.3, -0.25) is 14.6 Å². The van der Waals surface area contributed by atoms with E-state index in [1.165, 1.54) is 0 Å². The third kappa shape index (κ3) is 2.57. The number of aromatic nitrogens is 3. The highest BCUT2D eigenvalue weighted by molar-refractivity contribution is 6.02. The number of nitrogen functional groups attached to an aromatic ring is 1. The topological polar surface area (TPSA) is 123 Å². The summed E-state index contributed by atoms with van der Waals surface area (Å²) in [6, 6.07) is 5.60. The zero-order chi connectivity index (χ0) is 19.4. The molecule has 8 heteroatoms. The van der Waals surface area contributed by atoms with Crippen molar-refractivity contribution in [3.05, 3.63) is 42.4 Å². The summed E-state index contributed by atoms with van der Waals surface area (Å²) in [6.45, 7) is 2.56. The Morgan fingerprint density at radius 2 is 2.18 bits per heavy atom. The van der Waals surface area contributed by atoms with Crippen LogP contribution in [0, 0.1) is 24.7 Å². The van der Waals surface area contributed by atoms with Gasteiger partial charge in [-0.1, -0.05) is 0 Å². The number of nitrogens with zero attached hydrogens (tertiary/aromatic N) is 3. The molecule has 2 aliphatic rings. The molecule has 0 spiro atoms. The van der Waals surface area contributed by atoms with E-state index in [1.54, 1.807) is 24.7 Å². The van der Waals surface area contributed by atoms with Gasteiger partial charge in [0.2, 0.25) is 11.8 Å². The van der Waals surface area contributed by atoms with Gasteiger partial charge in [-0.05, 0) is 36.1 Å². The highest BCUT2D eigenvalue weighted by Gasteiger charge is 2.62. The average Bonchev–Trinajstić information content (AvgIpc) is 3.30. The first-order valence-corrected chi connectivity index (χ1v) is 9.09. The van der Waals surface area contributed by atoms with Crippen LogP contribution in [0.3, 0.4) is 0 Å². The number of pyridine rings is 3. The van der Waals surface area contributed by atoms with Crippen LogP contribution >= 0.6 is 0 Å². The Morgan fingerprint density at radius 1 is 1.32 bits per heavy atom. The molecule has 0 aromatic carbocycles. The Labute approximate surface area is 160 Å². The molecule has 0 radical (unpaired) electrons. The summed E-state index contributed by atoms with van der Waals surface area (Å²) in [5, 5.41) is 7.13. The fourth-order valence-electron chi connectivity index (χ4n) is 4.00. The molecule has 3 atom stereocenters.